The van der Waals surface area contributed by atoms with Crippen molar-refractivity contribution in [3.63, 3.8) is 0 Å². The van der Waals surface area contributed by atoms with E-state index in [-0.39, 0.29) is 18.4 Å². The van der Waals surface area contributed by atoms with Crippen LogP contribution in [0.2, 0.25) is 0 Å². The number of hydrogen-bond donors (Lipinski definition) is 0. The van der Waals surface area contributed by atoms with Gasteiger partial charge in [0.25, 0.3) is 0 Å². The lowest BCUT2D eigenvalue weighted by atomic mass is 10.1. The van der Waals surface area contributed by atoms with E-state index in [4.69, 9.17) is 14.2 Å². The van der Waals surface area contributed by atoms with Crippen LogP contribution in [0.15, 0.2) is 0 Å². The molecule has 1 aliphatic heterocycles. The van der Waals surface area contributed by atoms with Crippen molar-refractivity contribution in [3.8, 4) is 0 Å². The van der Waals surface area contributed by atoms with Gasteiger partial charge in [0.05, 0.1) is 6.61 Å². The van der Waals surface area contributed by atoms with Crippen LogP contribution in [0.5, 0.6) is 0 Å². The molecule has 4 nitrogen and oxygen atoms in total. The summed E-state index contributed by atoms with van der Waals surface area (Å²) in [6.07, 6.45) is 14.3. The van der Waals surface area contributed by atoms with Gasteiger partial charge in [-0.1, -0.05) is 64.7 Å². The molecule has 0 amide bonds. The molecule has 23 heavy (non-hydrogen) atoms. The van der Waals surface area contributed by atoms with Crippen molar-refractivity contribution in [1.29, 1.82) is 0 Å². The summed E-state index contributed by atoms with van der Waals surface area (Å²) in [5.41, 5.74) is 0. The summed E-state index contributed by atoms with van der Waals surface area (Å²) in [5, 5.41) is 0. The van der Waals surface area contributed by atoms with E-state index in [1.54, 1.807) is 0 Å². The van der Waals surface area contributed by atoms with Crippen molar-refractivity contribution < 1.29 is 19.0 Å². The molecular weight excluding hydrogens is 292 g/mol. The average molecular weight is 328 g/mol. The van der Waals surface area contributed by atoms with Crippen LogP contribution >= 0.6 is 0 Å². The van der Waals surface area contributed by atoms with Crippen molar-refractivity contribution in [2.75, 3.05) is 13.2 Å². The van der Waals surface area contributed by atoms with Crippen LogP contribution in [0, 0.1) is 0 Å². The van der Waals surface area contributed by atoms with Gasteiger partial charge in [0.2, 0.25) is 0 Å². The summed E-state index contributed by atoms with van der Waals surface area (Å²) in [6, 6.07) is 0. The molecule has 1 fully saturated rings. The summed E-state index contributed by atoms with van der Waals surface area (Å²) in [7, 11) is 0. The van der Waals surface area contributed by atoms with E-state index in [0.29, 0.717) is 13.2 Å². The van der Waals surface area contributed by atoms with Gasteiger partial charge >= 0.3 is 5.97 Å². The fraction of sp³-hybridized carbons (Fsp3) is 0.947. The first-order chi connectivity index (χ1) is 11.2. The quantitative estimate of drug-likeness (QED) is 0.353. The minimum atomic E-state index is -0.369. The minimum Gasteiger partial charge on any atom is -0.457 e. The average Bonchev–Trinajstić information content (AvgIpc) is 2.53. The van der Waals surface area contributed by atoms with Crippen molar-refractivity contribution in [2.24, 2.45) is 0 Å². The summed E-state index contributed by atoms with van der Waals surface area (Å²) in [5.74, 6) is -0.256. The van der Waals surface area contributed by atoms with Gasteiger partial charge in [0.1, 0.15) is 0 Å². The molecule has 0 aliphatic carbocycles. The molecule has 0 aromatic carbocycles. The zero-order chi connectivity index (χ0) is 16.8. The molecular formula is C19H36O4. The Morgan fingerprint density at radius 2 is 1.61 bits per heavy atom. The number of hydrogen-bond acceptors (Lipinski definition) is 4. The van der Waals surface area contributed by atoms with E-state index in [2.05, 4.69) is 6.92 Å². The molecule has 2 atom stereocenters. The van der Waals surface area contributed by atoms with Gasteiger partial charge in [-0.25, -0.2) is 0 Å². The molecule has 0 radical (unpaired) electrons. The number of carbonyl (C=O) groups is 1. The molecule has 0 spiro atoms. The van der Waals surface area contributed by atoms with Gasteiger partial charge in [-0.2, -0.15) is 0 Å². The van der Waals surface area contributed by atoms with Crippen molar-refractivity contribution in [1.82, 2.24) is 0 Å². The summed E-state index contributed by atoms with van der Waals surface area (Å²) < 4.78 is 16.6. The fourth-order valence-electron chi connectivity index (χ4n) is 3.00. The highest BCUT2D eigenvalue weighted by molar-refractivity contribution is 5.66. The molecule has 0 N–H and O–H groups in total. The standard InChI is InChI=1S/C19H36O4/c1-3-4-5-6-7-8-9-10-11-12-15-21-19-18(23-17(2)20)14-13-16-22-19/h18-19H,3-16H2,1-2H3/t18-,19-/m1/s1. The summed E-state index contributed by atoms with van der Waals surface area (Å²) >= 11 is 0. The van der Waals surface area contributed by atoms with Gasteiger partial charge in [0.15, 0.2) is 12.4 Å². The molecule has 136 valence electrons. The van der Waals surface area contributed by atoms with Crippen LogP contribution in [-0.2, 0) is 19.0 Å². The molecule has 4 heteroatoms. The third-order valence-corrected chi connectivity index (χ3v) is 4.32. The number of unbranched alkanes of at least 4 members (excludes halogenated alkanes) is 9. The highest BCUT2D eigenvalue weighted by atomic mass is 16.7. The Bertz CT molecular complexity index is 293. The van der Waals surface area contributed by atoms with E-state index in [9.17, 15) is 4.79 Å². The molecule has 1 heterocycles. The molecule has 1 saturated heterocycles. The van der Waals surface area contributed by atoms with Crippen LogP contribution < -0.4 is 0 Å². The van der Waals surface area contributed by atoms with Crippen LogP contribution in [0.1, 0.15) is 90.9 Å². The van der Waals surface area contributed by atoms with Gasteiger partial charge in [0, 0.05) is 13.5 Å². The first-order valence-electron chi connectivity index (χ1n) is 9.64. The molecule has 0 saturated carbocycles. The van der Waals surface area contributed by atoms with E-state index in [1.807, 2.05) is 0 Å². The molecule has 0 bridgehead atoms. The van der Waals surface area contributed by atoms with Gasteiger partial charge < -0.3 is 14.2 Å². The lowest BCUT2D eigenvalue weighted by Gasteiger charge is -2.30. The Morgan fingerprint density at radius 1 is 1.00 bits per heavy atom. The first-order valence-corrected chi connectivity index (χ1v) is 9.64. The molecule has 0 aromatic heterocycles. The fourth-order valence-corrected chi connectivity index (χ4v) is 3.00. The lowest BCUT2D eigenvalue weighted by molar-refractivity contribution is -0.226. The molecule has 1 aliphatic rings. The maximum atomic E-state index is 11.1. The Labute approximate surface area is 142 Å². The Kier molecular flexibility index (Phi) is 12.3. The van der Waals surface area contributed by atoms with Gasteiger partial charge in [-0.05, 0) is 19.3 Å². The second-order valence-corrected chi connectivity index (χ2v) is 6.58. The van der Waals surface area contributed by atoms with Crippen LogP contribution in [-0.4, -0.2) is 31.6 Å². The third kappa shape index (κ3) is 10.7. The Hall–Kier alpha value is -0.610. The third-order valence-electron chi connectivity index (χ3n) is 4.32. The second-order valence-electron chi connectivity index (χ2n) is 6.58. The topological polar surface area (TPSA) is 44.8 Å². The highest BCUT2D eigenvalue weighted by Gasteiger charge is 2.29. The largest absolute Gasteiger partial charge is 0.457 e. The molecule has 0 unspecified atom stereocenters. The highest BCUT2D eigenvalue weighted by Crippen LogP contribution is 2.19. The summed E-state index contributed by atoms with van der Waals surface area (Å²) in [4.78, 5) is 11.1. The monoisotopic (exact) mass is 328 g/mol. The Balaban J connectivity index is 1.94. The Morgan fingerprint density at radius 3 is 2.22 bits per heavy atom. The number of ether oxygens (including phenoxy) is 3. The molecule has 0 aromatic rings. The van der Waals surface area contributed by atoms with Crippen LogP contribution in [0.3, 0.4) is 0 Å². The maximum Gasteiger partial charge on any atom is 0.303 e. The van der Waals surface area contributed by atoms with Gasteiger partial charge in [-0.15, -0.1) is 0 Å². The number of rotatable bonds is 13. The first kappa shape index (κ1) is 20.4. The number of carbonyl (C=O) groups excluding carboxylic acids is 1. The van der Waals surface area contributed by atoms with Crippen molar-refractivity contribution in [3.05, 3.63) is 0 Å². The van der Waals surface area contributed by atoms with Crippen LogP contribution in [0.4, 0.5) is 0 Å². The minimum absolute atomic E-state index is 0.232. The summed E-state index contributed by atoms with van der Waals surface area (Å²) in [6.45, 7) is 5.09. The normalized spacial score (nSPS) is 21.3. The van der Waals surface area contributed by atoms with E-state index >= 15 is 0 Å². The van der Waals surface area contributed by atoms with Crippen LogP contribution in [0.25, 0.3) is 0 Å². The zero-order valence-electron chi connectivity index (χ0n) is 15.2. The van der Waals surface area contributed by atoms with Gasteiger partial charge in [-0.3, -0.25) is 4.79 Å². The SMILES string of the molecule is CCCCCCCCCCCCO[C@@H]1OCCC[C@H]1OC(C)=O. The van der Waals surface area contributed by atoms with E-state index in [1.165, 1.54) is 64.7 Å². The zero-order valence-corrected chi connectivity index (χ0v) is 15.2. The molecule has 1 rings (SSSR count). The van der Waals surface area contributed by atoms with Crippen molar-refractivity contribution >= 4 is 5.97 Å². The van der Waals surface area contributed by atoms with Crippen molar-refractivity contribution in [2.45, 2.75) is 103 Å². The number of esters is 1. The second kappa shape index (κ2) is 13.8. The smallest absolute Gasteiger partial charge is 0.303 e. The lowest BCUT2D eigenvalue weighted by Crippen LogP contribution is -2.39. The maximum absolute atomic E-state index is 11.1. The predicted molar refractivity (Wildman–Crippen MR) is 92.3 cm³/mol. The van der Waals surface area contributed by atoms with E-state index < -0.39 is 0 Å². The predicted octanol–water partition coefficient (Wildman–Crippen LogP) is 4.99. The van der Waals surface area contributed by atoms with E-state index in [0.717, 1.165) is 19.3 Å².